The third-order valence-electron chi connectivity index (χ3n) is 13.8. The Balaban J connectivity index is 1.27. The molecule has 0 radical (unpaired) electrons. The topological polar surface area (TPSA) is 77.5 Å². The Kier molecular flexibility index (Phi) is 7.76. The average molecular weight is 685 g/mol. The second-order valence-electron chi connectivity index (χ2n) is 16.0. The van der Waals surface area contributed by atoms with E-state index in [0.29, 0.717) is 5.92 Å². The van der Waals surface area contributed by atoms with Crippen LogP contribution >= 0.6 is 21.6 Å². The number of cyclic esters (lactones) is 1. The lowest BCUT2D eigenvalue weighted by molar-refractivity contribution is -0.135. The van der Waals surface area contributed by atoms with Crippen LogP contribution in [0.25, 0.3) is 0 Å². The number of carbonyl (C=O) groups excluding carboxylic acids is 2. The van der Waals surface area contributed by atoms with Gasteiger partial charge in [0.2, 0.25) is 0 Å². The minimum absolute atomic E-state index is 0.0803. The molecule has 0 unspecified atom stereocenters. The molecule has 9 aliphatic rings. The molecule has 1 aromatic heterocycles. The highest BCUT2D eigenvalue weighted by Gasteiger charge is 2.70. The summed E-state index contributed by atoms with van der Waals surface area (Å²) in [6.45, 7) is 4.57. The molecule has 0 aromatic carbocycles. The molecule has 3 saturated carbocycles. The normalized spacial score (nSPS) is 36.9. The minimum atomic E-state index is -0.612. The first kappa shape index (κ1) is 31.5. The first-order valence-corrected chi connectivity index (χ1v) is 21.2. The summed E-state index contributed by atoms with van der Waals surface area (Å²) < 4.78 is 12.8. The number of nitrogens with one attached hydrogen (secondary N) is 1. The number of ether oxygens (including phenoxy) is 2. The van der Waals surface area contributed by atoms with E-state index in [2.05, 4.69) is 43.4 Å². The largest absolute Gasteiger partial charge is 0.427 e. The van der Waals surface area contributed by atoms with E-state index in [9.17, 15) is 9.59 Å². The van der Waals surface area contributed by atoms with Crippen molar-refractivity contribution in [1.82, 2.24) is 4.98 Å². The van der Waals surface area contributed by atoms with Crippen LogP contribution < -0.4 is 5.32 Å². The quantitative estimate of drug-likeness (QED) is 0.244. The van der Waals surface area contributed by atoms with Gasteiger partial charge in [-0.2, -0.15) is 0 Å². The van der Waals surface area contributed by atoms with Gasteiger partial charge in [0.25, 0.3) is 0 Å². The van der Waals surface area contributed by atoms with Gasteiger partial charge < -0.3 is 14.8 Å². The number of hydrogen-bond donors (Lipinski definition) is 1. The Labute approximate surface area is 292 Å². The standard InChI is InChI=1S/C40H48N2O4S2/c1-3-38(14-4-5-15-38)21-29-28-10-9-26-27-12-18-40(33(26)32(28)36(43)45-29)30-11-8-24(2)22-47-48-23-42-31-20-25(13-19-41-31)39(16-6-7-17-39)34(27)35(40)37(44)46-30/h11,13,19-21,24,26-27,33H,3-10,12,14-18,22-23H2,1-2H3,(H,41,42)/b29-21-,30-11+/t24-,26-,27-,33+,40-/m0/s1. The fourth-order valence-corrected chi connectivity index (χ4v) is 13.8. The maximum atomic E-state index is 14.6. The lowest BCUT2D eigenvalue weighted by Gasteiger charge is -2.59. The zero-order chi connectivity index (χ0) is 32.7. The fraction of sp³-hybridized carbons (Fsp3) is 0.625. The van der Waals surface area contributed by atoms with Crippen LogP contribution in [-0.2, 0) is 24.5 Å². The van der Waals surface area contributed by atoms with Crippen LogP contribution in [0.2, 0.25) is 0 Å². The van der Waals surface area contributed by atoms with E-state index < -0.39 is 5.41 Å². The number of fused-ring (bicyclic) bond motifs is 4. The summed E-state index contributed by atoms with van der Waals surface area (Å²) in [5, 5.41) is 3.58. The maximum absolute atomic E-state index is 14.6. The van der Waals surface area contributed by atoms with Crippen molar-refractivity contribution in [1.29, 1.82) is 0 Å². The number of anilines is 1. The Hall–Kier alpha value is -2.45. The number of rotatable bonds is 2. The van der Waals surface area contributed by atoms with Gasteiger partial charge in [0.15, 0.2) is 0 Å². The molecular weight excluding hydrogens is 637 g/mol. The maximum Gasteiger partial charge on any atom is 0.340 e. The van der Waals surface area contributed by atoms with Crippen molar-refractivity contribution >= 4 is 39.3 Å². The van der Waals surface area contributed by atoms with Crippen molar-refractivity contribution in [3.63, 3.8) is 0 Å². The minimum Gasteiger partial charge on any atom is -0.427 e. The van der Waals surface area contributed by atoms with Gasteiger partial charge in [-0.15, -0.1) is 0 Å². The summed E-state index contributed by atoms with van der Waals surface area (Å²) in [7, 11) is 3.72. The number of aromatic nitrogens is 1. The predicted molar refractivity (Wildman–Crippen MR) is 192 cm³/mol. The summed E-state index contributed by atoms with van der Waals surface area (Å²) >= 11 is 0. The molecule has 4 fully saturated rings. The number of pyridine rings is 1. The number of allylic oxidation sites excluding steroid dienone is 5. The molecule has 8 heteroatoms. The van der Waals surface area contributed by atoms with Gasteiger partial charge in [0.1, 0.15) is 17.3 Å². The van der Waals surface area contributed by atoms with Crippen LogP contribution in [0.15, 0.2) is 64.3 Å². The summed E-state index contributed by atoms with van der Waals surface area (Å²) in [6, 6.07) is 4.47. The highest BCUT2D eigenvalue weighted by molar-refractivity contribution is 8.76. The first-order chi connectivity index (χ1) is 23.4. The second-order valence-corrected chi connectivity index (χ2v) is 18.5. The Morgan fingerprint density at radius 1 is 1.02 bits per heavy atom. The summed E-state index contributed by atoms with van der Waals surface area (Å²) in [5.41, 5.74) is 4.84. The van der Waals surface area contributed by atoms with Gasteiger partial charge in [0.05, 0.1) is 16.9 Å². The molecule has 6 nitrogen and oxygen atoms in total. The highest BCUT2D eigenvalue weighted by atomic mass is 33.1. The van der Waals surface area contributed by atoms with Crippen molar-refractivity contribution in [3.8, 4) is 0 Å². The van der Waals surface area contributed by atoms with Crippen LogP contribution in [0.1, 0.15) is 109 Å². The molecule has 5 atom stereocenters. The average Bonchev–Trinajstić information content (AvgIpc) is 3.90. The molecule has 0 amide bonds. The molecule has 254 valence electrons. The number of esters is 2. The van der Waals surface area contributed by atoms with Gasteiger partial charge in [-0.05, 0) is 123 Å². The van der Waals surface area contributed by atoms with E-state index in [1.807, 2.05) is 27.8 Å². The molecule has 2 spiro atoms. The third kappa shape index (κ3) is 4.56. The molecule has 1 aromatic rings. The van der Waals surface area contributed by atoms with Crippen LogP contribution in [0.5, 0.6) is 0 Å². The molecular formula is C40H48N2O4S2. The van der Waals surface area contributed by atoms with E-state index >= 15 is 0 Å². The SMILES string of the molecule is CCC1(/C=C2\OC(=O)C3=C2CC[C@H]2[C@@H]4CC[C@@]5(C6=C4C4(CCCC4)c4ccnc(c4)NCSSC[C@@H](C)C/C=C\5OC6=O)[C@@H]32)CCCC1. The van der Waals surface area contributed by atoms with E-state index in [1.165, 1.54) is 36.8 Å². The Morgan fingerprint density at radius 2 is 1.83 bits per heavy atom. The highest BCUT2D eigenvalue weighted by Crippen LogP contribution is 2.73. The van der Waals surface area contributed by atoms with Crippen molar-refractivity contribution in [2.75, 3.05) is 16.9 Å². The van der Waals surface area contributed by atoms with Gasteiger partial charge >= 0.3 is 11.9 Å². The first-order valence-electron chi connectivity index (χ1n) is 18.7. The molecule has 6 aliphatic carbocycles. The molecule has 7 bridgehead atoms. The summed E-state index contributed by atoms with van der Waals surface area (Å²) in [4.78, 5) is 33.5. The summed E-state index contributed by atoms with van der Waals surface area (Å²) in [5.74, 6) is 4.93. The van der Waals surface area contributed by atoms with Gasteiger partial charge in [-0.3, -0.25) is 0 Å². The molecule has 1 saturated heterocycles. The Bertz CT molecular complexity index is 1680. The summed E-state index contributed by atoms with van der Waals surface area (Å²) in [6.07, 6.45) is 21.4. The number of carbonyl (C=O) groups is 2. The van der Waals surface area contributed by atoms with E-state index in [4.69, 9.17) is 14.5 Å². The van der Waals surface area contributed by atoms with Gasteiger partial charge in [-0.1, -0.05) is 61.1 Å². The number of hydrogen-bond acceptors (Lipinski definition) is 8. The van der Waals surface area contributed by atoms with Crippen molar-refractivity contribution in [3.05, 3.63) is 69.9 Å². The van der Waals surface area contributed by atoms with E-state index in [1.54, 1.807) is 0 Å². The van der Waals surface area contributed by atoms with Crippen LogP contribution in [0, 0.1) is 34.5 Å². The third-order valence-corrected chi connectivity index (χ3v) is 16.2. The molecule has 10 rings (SSSR count). The smallest absolute Gasteiger partial charge is 0.340 e. The molecule has 3 aliphatic heterocycles. The lowest BCUT2D eigenvalue weighted by Crippen LogP contribution is -2.55. The van der Waals surface area contributed by atoms with Crippen molar-refractivity contribution in [2.24, 2.45) is 34.5 Å². The monoisotopic (exact) mass is 684 g/mol. The van der Waals surface area contributed by atoms with Crippen LogP contribution in [0.4, 0.5) is 5.82 Å². The predicted octanol–water partition coefficient (Wildman–Crippen LogP) is 9.57. The van der Waals surface area contributed by atoms with E-state index in [-0.39, 0.29) is 40.5 Å². The zero-order valence-corrected chi connectivity index (χ0v) is 30.0. The van der Waals surface area contributed by atoms with Crippen LogP contribution in [0.3, 0.4) is 0 Å². The van der Waals surface area contributed by atoms with Gasteiger partial charge in [0, 0.05) is 34.4 Å². The lowest BCUT2D eigenvalue weighted by atomic mass is 9.42. The fourth-order valence-electron chi connectivity index (χ4n) is 11.6. The van der Waals surface area contributed by atoms with E-state index in [0.717, 1.165) is 110 Å². The van der Waals surface area contributed by atoms with Crippen LogP contribution in [-0.4, -0.2) is 28.6 Å². The Morgan fingerprint density at radius 3 is 2.65 bits per heavy atom. The van der Waals surface area contributed by atoms with Crippen molar-refractivity contribution in [2.45, 2.75) is 109 Å². The molecule has 4 heterocycles. The van der Waals surface area contributed by atoms with Crippen molar-refractivity contribution < 1.29 is 19.1 Å². The van der Waals surface area contributed by atoms with Gasteiger partial charge in [-0.25, -0.2) is 14.6 Å². The number of nitrogens with zero attached hydrogens (tertiary/aromatic N) is 1. The molecule has 48 heavy (non-hydrogen) atoms. The second kappa shape index (κ2) is 11.8. The zero-order valence-electron chi connectivity index (χ0n) is 28.4. The molecule has 1 N–H and O–H groups in total.